The van der Waals surface area contributed by atoms with Crippen LogP contribution in [0, 0.1) is 6.92 Å². The summed E-state index contributed by atoms with van der Waals surface area (Å²) in [4.78, 5) is 15.3. The fourth-order valence-corrected chi connectivity index (χ4v) is 2.82. The van der Waals surface area contributed by atoms with Gasteiger partial charge in [-0.15, -0.1) is 0 Å². The Morgan fingerprint density at radius 3 is 2.62 bits per heavy atom. The van der Waals surface area contributed by atoms with Gasteiger partial charge < -0.3 is 9.52 Å². The van der Waals surface area contributed by atoms with Crippen LogP contribution in [0.1, 0.15) is 21.7 Å². The van der Waals surface area contributed by atoms with Crippen molar-refractivity contribution in [3.63, 3.8) is 0 Å². The van der Waals surface area contributed by atoms with Crippen molar-refractivity contribution in [2.24, 2.45) is 4.99 Å². The second-order valence-electron chi connectivity index (χ2n) is 4.49. The zero-order valence-corrected chi connectivity index (χ0v) is 12.2. The molecule has 6 nitrogen and oxygen atoms in total. The Kier molecular flexibility index (Phi) is 3.95. The maximum absolute atomic E-state index is 11.6. The van der Waals surface area contributed by atoms with Crippen molar-refractivity contribution in [1.82, 2.24) is 0 Å². The Bertz CT molecular complexity index is 804. The monoisotopic (exact) mass is 307 g/mol. The number of aliphatic imine (C=N–C) groups is 1. The van der Waals surface area contributed by atoms with E-state index >= 15 is 0 Å². The molecular weight excluding hydrogens is 294 g/mol. The summed E-state index contributed by atoms with van der Waals surface area (Å²) in [5, 5.41) is 9.21. The molecule has 1 N–H and O–H groups in total. The summed E-state index contributed by atoms with van der Waals surface area (Å²) in [6, 6.07) is 5.90. The summed E-state index contributed by atoms with van der Waals surface area (Å²) in [5.74, 6) is -0.775. The molecule has 7 heteroatoms. The predicted molar refractivity (Wildman–Crippen MR) is 77.2 cm³/mol. The van der Waals surface area contributed by atoms with Crippen LogP contribution in [0.3, 0.4) is 0 Å². The first kappa shape index (κ1) is 15.0. The standard InChI is InChI=1S/C14H13NO5S/c1-9-6-12(15-8-10-4-3-5-20-10)11(14(16)17)7-13(9)21(2,18)19/h3-8H,1-2H3,(H,16,17)/b15-8+. The number of benzene rings is 1. The molecule has 0 aliphatic carbocycles. The van der Waals surface area contributed by atoms with Crippen LogP contribution in [-0.4, -0.2) is 32.0 Å². The quantitative estimate of drug-likeness (QED) is 0.875. The van der Waals surface area contributed by atoms with Gasteiger partial charge in [-0.05, 0) is 36.8 Å². The van der Waals surface area contributed by atoms with Crippen molar-refractivity contribution in [2.45, 2.75) is 11.8 Å². The lowest BCUT2D eigenvalue weighted by atomic mass is 10.1. The second-order valence-corrected chi connectivity index (χ2v) is 6.47. The van der Waals surface area contributed by atoms with Crippen molar-refractivity contribution in [3.8, 4) is 0 Å². The molecule has 0 unspecified atom stereocenters. The van der Waals surface area contributed by atoms with Crippen LogP contribution in [0.2, 0.25) is 0 Å². The average Bonchev–Trinajstić information content (AvgIpc) is 2.87. The number of hydrogen-bond acceptors (Lipinski definition) is 5. The van der Waals surface area contributed by atoms with Gasteiger partial charge in [-0.25, -0.2) is 13.2 Å². The van der Waals surface area contributed by atoms with E-state index in [1.54, 1.807) is 19.1 Å². The van der Waals surface area contributed by atoms with E-state index in [4.69, 9.17) is 4.42 Å². The van der Waals surface area contributed by atoms with Crippen LogP contribution in [0.25, 0.3) is 0 Å². The molecule has 21 heavy (non-hydrogen) atoms. The molecule has 2 rings (SSSR count). The summed E-state index contributed by atoms with van der Waals surface area (Å²) in [6.45, 7) is 1.59. The van der Waals surface area contributed by atoms with Crippen LogP contribution in [0.4, 0.5) is 5.69 Å². The smallest absolute Gasteiger partial charge is 0.337 e. The molecule has 1 aromatic carbocycles. The number of furan rings is 1. The number of hydrogen-bond donors (Lipinski definition) is 1. The molecule has 0 bridgehead atoms. The summed E-state index contributed by atoms with van der Waals surface area (Å²) in [7, 11) is -3.50. The number of carboxylic acids is 1. The molecular formula is C14H13NO5S. The lowest BCUT2D eigenvalue weighted by Gasteiger charge is -2.08. The maximum Gasteiger partial charge on any atom is 0.337 e. The highest BCUT2D eigenvalue weighted by Crippen LogP contribution is 2.27. The van der Waals surface area contributed by atoms with Gasteiger partial charge >= 0.3 is 5.97 Å². The fourth-order valence-electron chi connectivity index (χ4n) is 1.85. The molecule has 0 saturated heterocycles. The molecule has 0 aliphatic rings. The van der Waals surface area contributed by atoms with Gasteiger partial charge in [-0.3, -0.25) is 4.99 Å². The number of carbonyl (C=O) groups is 1. The molecule has 0 saturated carbocycles. The lowest BCUT2D eigenvalue weighted by Crippen LogP contribution is -2.05. The van der Waals surface area contributed by atoms with Crippen molar-refractivity contribution in [2.75, 3.05) is 6.26 Å². The van der Waals surface area contributed by atoms with E-state index in [9.17, 15) is 18.3 Å². The first-order chi connectivity index (χ1) is 9.79. The topological polar surface area (TPSA) is 96.9 Å². The Hall–Kier alpha value is -2.41. The summed E-state index contributed by atoms with van der Waals surface area (Å²) in [5.41, 5.74) is 0.432. The zero-order chi connectivity index (χ0) is 15.6. The van der Waals surface area contributed by atoms with E-state index in [0.29, 0.717) is 11.3 Å². The minimum Gasteiger partial charge on any atom is -0.478 e. The van der Waals surface area contributed by atoms with E-state index < -0.39 is 15.8 Å². The molecule has 2 aromatic rings. The number of aromatic carboxylic acids is 1. The third-order valence-corrected chi connectivity index (χ3v) is 4.04. The Balaban J connectivity index is 2.56. The van der Waals surface area contributed by atoms with E-state index in [1.165, 1.54) is 18.5 Å². The van der Waals surface area contributed by atoms with E-state index in [-0.39, 0.29) is 16.1 Å². The summed E-state index contributed by atoms with van der Waals surface area (Å²) >= 11 is 0. The van der Waals surface area contributed by atoms with E-state index in [0.717, 1.165) is 12.3 Å². The SMILES string of the molecule is Cc1cc(/N=C/c2ccco2)c(C(=O)O)cc1S(C)(=O)=O. The van der Waals surface area contributed by atoms with E-state index in [1.807, 2.05) is 0 Å². The first-order valence-corrected chi connectivity index (χ1v) is 7.84. The van der Waals surface area contributed by atoms with Crippen molar-refractivity contribution < 1.29 is 22.7 Å². The number of carboxylic acid groups (broad SMARTS) is 1. The second kappa shape index (κ2) is 5.53. The van der Waals surface area contributed by atoms with Gasteiger partial charge in [0.15, 0.2) is 9.84 Å². The Morgan fingerprint density at radius 2 is 2.10 bits per heavy atom. The lowest BCUT2D eigenvalue weighted by molar-refractivity contribution is 0.0697. The molecule has 1 heterocycles. The molecule has 0 radical (unpaired) electrons. The highest BCUT2D eigenvalue weighted by Gasteiger charge is 2.18. The summed E-state index contributed by atoms with van der Waals surface area (Å²) < 4.78 is 28.3. The minimum absolute atomic E-state index is 0.0168. The third-order valence-electron chi connectivity index (χ3n) is 2.80. The van der Waals surface area contributed by atoms with E-state index in [2.05, 4.69) is 4.99 Å². The fraction of sp³-hybridized carbons (Fsp3) is 0.143. The predicted octanol–water partition coefficient (Wildman–Crippen LogP) is 2.44. The van der Waals surface area contributed by atoms with Gasteiger partial charge in [0.25, 0.3) is 0 Å². The van der Waals surface area contributed by atoms with Crippen LogP contribution < -0.4 is 0 Å². The Labute approximate surface area is 121 Å². The van der Waals surface area contributed by atoms with Gasteiger partial charge in [0.05, 0.1) is 28.6 Å². The van der Waals surface area contributed by atoms with Gasteiger partial charge in [0.2, 0.25) is 0 Å². The third kappa shape index (κ3) is 3.38. The number of nitrogens with zero attached hydrogens (tertiary/aromatic N) is 1. The summed E-state index contributed by atoms with van der Waals surface area (Å²) in [6.07, 6.45) is 3.88. The molecule has 0 fully saturated rings. The van der Waals surface area contributed by atoms with Crippen LogP contribution in [0.5, 0.6) is 0 Å². The average molecular weight is 307 g/mol. The number of aryl methyl sites for hydroxylation is 1. The largest absolute Gasteiger partial charge is 0.478 e. The van der Waals surface area contributed by atoms with Crippen LogP contribution in [-0.2, 0) is 9.84 Å². The maximum atomic E-state index is 11.6. The van der Waals surface area contributed by atoms with Gasteiger partial charge in [0, 0.05) is 6.26 Å². The molecule has 0 spiro atoms. The number of sulfone groups is 1. The first-order valence-electron chi connectivity index (χ1n) is 5.94. The van der Waals surface area contributed by atoms with Gasteiger partial charge in [0.1, 0.15) is 5.76 Å². The molecule has 1 aromatic heterocycles. The molecule has 0 aliphatic heterocycles. The van der Waals surface area contributed by atoms with Crippen molar-refractivity contribution in [1.29, 1.82) is 0 Å². The minimum atomic E-state index is -3.50. The zero-order valence-electron chi connectivity index (χ0n) is 11.4. The molecule has 110 valence electrons. The van der Waals surface area contributed by atoms with Gasteiger partial charge in [-0.2, -0.15) is 0 Å². The Morgan fingerprint density at radius 1 is 1.38 bits per heavy atom. The highest BCUT2D eigenvalue weighted by molar-refractivity contribution is 7.90. The molecule has 0 atom stereocenters. The van der Waals surface area contributed by atoms with Crippen LogP contribution >= 0.6 is 0 Å². The normalized spacial score (nSPS) is 11.9. The molecule has 0 amide bonds. The van der Waals surface area contributed by atoms with Crippen molar-refractivity contribution >= 4 is 27.7 Å². The number of rotatable bonds is 4. The van der Waals surface area contributed by atoms with Crippen molar-refractivity contribution in [3.05, 3.63) is 47.4 Å². The highest BCUT2D eigenvalue weighted by atomic mass is 32.2. The van der Waals surface area contributed by atoms with Crippen LogP contribution in [0.15, 0.2) is 44.8 Å². The van der Waals surface area contributed by atoms with Gasteiger partial charge in [-0.1, -0.05) is 0 Å².